The summed E-state index contributed by atoms with van der Waals surface area (Å²) in [6, 6.07) is 21.8. The number of halogens is 2. The van der Waals surface area contributed by atoms with E-state index in [9.17, 15) is 9.59 Å². The van der Waals surface area contributed by atoms with Crippen LogP contribution in [0.15, 0.2) is 77.9 Å². The quantitative estimate of drug-likeness (QED) is 0.378. The van der Waals surface area contributed by atoms with E-state index in [1.807, 2.05) is 48.5 Å². The Kier molecular flexibility index (Phi) is 7.27. The molecule has 3 aromatic rings. The molecule has 1 heterocycles. The summed E-state index contributed by atoms with van der Waals surface area (Å²) in [5.41, 5.74) is 4.96. The van der Waals surface area contributed by atoms with Crippen molar-refractivity contribution in [1.82, 2.24) is 5.43 Å². The van der Waals surface area contributed by atoms with Crippen LogP contribution in [0.2, 0.25) is 10.0 Å². The van der Waals surface area contributed by atoms with E-state index in [0.29, 0.717) is 28.9 Å². The lowest BCUT2D eigenvalue weighted by atomic mass is 10.1. The molecule has 0 unspecified atom stereocenters. The summed E-state index contributed by atoms with van der Waals surface area (Å²) in [7, 11) is 0. The van der Waals surface area contributed by atoms with Crippen molar-refractivity contribution in [2.75, 3.05) is 11.4 Å². The fourth-order valence-corrected chi connectivity index (χ4v) is 3.76. The highest BCUT2D eigenvalue weighted by molar-refractivity contribution is 6.31. The number of ether oxygens (including phenoxy) is 1. The molecule has 1 aliphatic rings. The Morgan fingerprint density at radius 2 is 1.79 bits per heavy atom. The minimum atomic E-state index is -0.467. The highest BCUT2D eigenvalue weighted by Crippen LogP contribution is 2.26. The number of anilines is 1. The third-order valence-electron chi connectivity index (χ3n) is 5.25. The van der Waals surface area contributed by atoms with E-state index in [-0.39, 0.29) is 18.2 Å². The molecule has 0 spiro atoms. The van der Waals surface area contributed by atoms with E-state index in [1.165, 1.54) is 0 Å². The van der Waals surface area contributed by atoms with Gasteiger partial charge in [0, 0.05) is 34.3 Å². The number of hydrogen-bond donors (Lipinski definition) is 1. The summed E-state index contributed by atoms with van der Waals surface area (Å²) < 4.78 is 5.76. The van der Waals surface area contributed by atoms with E-state index < -0.39 is 5.92 Å². The van der Waals surface area contributed by atoms with Crippen LogP contribution in [0.1, 0.15) is 17.5 Å². The fourth-order valence-electron chi connectivity index (χ4n) is 3.44. The van der Waals surface area contributed by atoms with Crippen molar-refractivity contribution >= 4 is 46.9 Å². The molecular weight excluding hydrogens is 461 g/mol. The molecule has 33 heavy (non-hydrogen) atoms. The summed E-state index contributed by atoms with van der Waals surface area (Å²) in [4.78, 5) is 26.4. The van der Waals surface area contributed by atoms with Gasteiger partial charge in [-0.2, -0.15) is 5.10 Å². The van der Waals surface area contributed by atoms with Crippen LogP contribution in [0.3, 0.4) is 0 Å². The largest absolute Gasteiger partial charge is 0.489 e. The van der Waals surface area contributed by atoms with Gasteiger partial charge in [-0.25, -0.2) is 5.43 Å². The molecular formula is C25H21Cl2N3O3. The van der Waals surface area contributed by atoms with E-state index in [4.69, 9.17) is 27.9 Å². The first-order valence-electron chi connectivity index (χ1n) is 10.3. The fraction of sp³-hybridized carbons (Fsp3) is 0.160. The number of hydrazone groups is 1. The lowest BCUT2D eigenvalue weighted by Crippen LogP contribution is -2.30. The van der Waals surface area contributed by atoms with Gasteiger partial charge in [0.15, 0.2) is 0 Å². The monoisotopic (exact) mass is 481 g/mol. The number of benzene rings is 3. The average Bonchev–Trinajstić information content (AvgIpc) is 3.21. The van der Waals surface area contributed by atoms with Gasteiger partial charge in [0.2, 0.25) is 11.8 Å². The smallest absolute Gasteiger partial charge is 0.245 e. The van der Waals surface area contributed by atoms with Gasteiger partial charge in [-0.3, -0.25) is 9.59 Å². The minimum Gasteiger partial charge on any atom is -0.489 e. The summed E-state index contributed by atoms with van der Waals surface area (Å²) in [6.45, 7) is 0.676. The number of nitrogens with one attached hydrogen (secondary N) is 1. The van der Waals surface area contributed by atoms with Crippen molar-refractivity contribution in [3.05, 3.63) is 94.0 Å². The van der Waals surface area contributed by atoms with Gasteiger partial charge in [0.1, 0.15) is 12.4 Å². The van der Waals surface area contributed by atoms with Crippen molar-refractivity contribution in [3.8, 4) is 5.75 Å². The second-order valence-corrected chi connectivity index (χ2v) is 8.41. The van der Waals surface area contributed by atoms with Gasteiger partial charge in [-0.1, -0.05) is 41.4 Å². The molecule has 1 N–H and O–H groups in total. The van der Waals surface area contributed by atoms with Gasteiger partial charge in [0.25, 0.3) is 0 Å². The molecule has 168 valence electrons. The zero-order valence-electron chi connectivity index (χ0n) is 17.6. The molecule has 1 atom stereocenters. The Balaban J connectivity index is 1.27. The maximum atomic E-state index is 12.5. The Bertz CT molecular complexity index is 1160. The van der Waals surface area contributed by atoms with Crippen molar-refractivity contribution in [2.45, 2.75) is 13.0 Å². The molecule has 0 aromatic heterocycles. The zero-order chi connectivity index (χ0) is 23.2. The van der Waals surface area contributed by atoms with Crippen LogP contribution in [-0.4, -0.2) is 24.6 Å². The molecule has 1 fully saturated rings. The van der Waals surface area contributed by atoms with E-state index in [0.717, 1.165) is 16.8 Å². The van der Waals surface area contributed by atoms with Gasteiger partial charge in [0.05, 0.1) is 12.1 Å². The van der Waals surface area contributed by atoms with Gasteiger partial charge >= 0.3 is 0 Å². The first kappa shape index (κ1) is 22.8. The molecule has 1 aliphatic heterocycles. The highest BCUT2D eigenvalue weighted by Gasteiger charge is 2.35. The normalized spacial score (nSPS) is 15.8. The third-order valence-corrected chi connectivity index (χ3v) is 5.88. The number of carbonyl (C=O) groups is 2. The molecule has 0 aliphatic carbocycles. The van der Waals surface area contributed by atoms with Crippen molar-refractivity contribution in [2.24, 2.45) is 11.0 Å². The second-order valence-electron chi connectivity index (χ2n) is 7.57. The van der Waals surface area contributed by atoms with Crippen molar-refractivity contribution in [3.63, 3.8) is 0 Å². The van der Waals surface area contributed by atoms with Crippen LogP contribution >= 0.6 is 23.2 Å². The Morgan fingerprint density at radius 3 is 2.52 bits per heavy atom. The maximum Gasteiger partial charge on any atom is 0.245 e. The van der Waals surface area contributed by atoms with Crippen LogP contribution in [0.4, 0.5) is 5.69 Å². The lowest BCUT2D eigenvalue weighted by Gasteiger charge is -2.16. The lowest BCUT2D eigenvalue weighted by molar-refractivity contribution is -0.126. The van der Waals surface area contributed by atoms with E-state index in [2.05, 4.69) is 10.5 Å². The SMILES string of the molecule is O=C(N/N=C\c1ccc(OCc2ccccc2Cl)cc1)[C@@H]1CC(=O)N(c2ccc(Cl)cc2)C1. The number of amides is 2. The minimum absolute atomic E-state index is 0.103. The van der Waals surface area contributed by atoms with E-state index in [1.54, 1.807) is 35.4 Å². The van der Waals surface area contributed by atoms with Crippen LogP contribution < -0.4 is 15.1 Å². The number of nitrogens with zero attached hydrogens (tertiary/aromatic N) is 2. The molecule has 1 saturated heterocycles. The van der Waals surface area contributed by atoms with Crippen LogP contribution in [0, 0.1) is 5.92 Å². The van der Waals surface area contributed by atoms with Crippen molar-refractivity contribution < 1.29 is 14.3 Å². The topological polar surface area (TPSA) is 71.0 Å². The number of carbonyl (C=O) groups excluding carboxylic acids is 2. The molecule has 0 radical (unpaired) electrons. The highest BCUT2D eigenvalue weighted by atomic mass is 35.5. The summed E-state index contributed by atoms with van der Waals surface area (Å²) in [5, 5.41) is 5.28. The van der Waals surface area contributed by atoms with Crippen LogP contribution in [-0.2, 0) is 16.2 Å². The summed E-state index contributed by atoms with van der Waals surface area (Å²) in [5.74, 6) is -0.168. The molecule has 3 aromatic carbocycles. The number of rotatable bonds is 7. The summed E-state index contributed by atoms with van der Waals surface area (Å²) >= 11 is 12.0. The van der Waals surface area contributed by atoms with Crippen LogP contribution in [0.5, 0.6) is 5.75 Å². The van der Waals surface area contributed by atoms with Gasteiger partial charge < -0.3 is 9.64 Å². The summed E-state index contributed by atoms with van der Waals surface area (Å²) in [6.07, 6.45) is 1.69. The molecule has 8 heteroatoms. The first-order valence-corrected chi connectivity index (χ1v) is 11.1. The first-order chi connectivity index (χ1) is 16.0. The molecule has 0 bridgehead atoms. The predicted octanol–water partition coefficient (Wildman–Crippen LogP) is 5.08. The zero-order valence-corrected chi connectivity index (χ0v) is 19.1. The Morgan fingerprint density at radius 1 is 1.06 bits per heavy atom. The molecule has 6 nitrogen and oxygen atoms in total. The Labute approximate surface area is 201 Å². The number of hydrogen-bond acceptors (Lipinski definition) is 4. The standard InChI is InChI=1S/C25H21Cl2N3O3/c26-20-7-9-21(10-8-20)30-15-19(13-24(30)31)25(32)29-28-14-17-5-11-22(12-6-17)33-16-18-3-1-2-4-23(18)27/h1-12,14,19H,13,15-16H2,(H,29,32)/b28-14-/t19-/m1/s1. The third kappa shape index (κ3) is 5.92. The molecule has 0 saturated carbocycles. The predicted molar refractivity (Wildman–Crippen MR) is 130 cm³/mol. The van der Waals surface area contributed by atoms with Crippen LogP contribution in [0.25, 0.3) is 0 Å². The van der Waals surface area contributed by atoms with Crippen molar-refractivity contribution in [1.29, 1.82) is 0 Å². The van der Waals surface area contributed by atoms with E-state index >= 15 is 0 Å². The average molecular weight is 482 g/mol. The Hall–Kier alpha value is -3.35. The second kappa shape index (κ2) is 10.5. The van der Waals surface area contributed by atoms with Gasteiger partial charge in [-0.15, -0.1) is 0 Å². The van der Waals surface area contributed by atoms with Gasteiger partial charge in [-0.05, 0) is 60.2 Å². The molecule has 4 rings (SSSR count). The maximum absolute atomic E-state index is 12.5. The molecule has 2 amide bonds.